The fourth-order valence-corrected chi connectivity index (χ4v) is 8.95. The molecule has 290 valence electrons. The van der Waals surface area contributed by atoms with Gasteiger partial charge in [-0.2, -0.15) is 0 Å². The quantitative estimate of drug-likeness (QED) is 0.146. The largest absolute Gasteiger partial charge is 0.385 e. The second kappa shape index (κ2) is 20.4. The first-order valence-electron chi connectivity index (χ1n) is 17.9. The lowest BCUT2D eigenvalue weighted by molar-refractivity contribution is -0.0508. The van der Waals surface area contributed by atoms with Gasteiger partial charge >= 0.3 is 0 Å². The zero-order chi connectivity index (χ0) is 37.4. The lowest BCUT2D eigenvalue weighted by atomic mass is 9.71. The Morgan fingerprint density at radius 1 is 0.442 bits per heavy atom. The Labute approximate surface area is 340 Å². The van der Waals surface area contributed by atoms with E-state index >= 15 is 0 Å². The minimum Gasteiger partial charge on any atom is -0.385 e. The molecule has 0 aromatic heterocycles. The highest BCUT2D eigenvalue weighted by atomic mass is 35.5. The van der Waals surface area contributed by atoms with Gasteiger partial charge in [0, 0.05) is 17.8 Å². The number of halogens is 6. The average molecular weight is 839 g/mol. The predicted octanol–water partition coefficient (Wildman–Crippen LogP) is 10.6. The Balaban J connectivity index is 0.000000208. The molecular formula is C40H55Cl6N3O3. The van der Waals surface area contributed by atoms with Gasteiger partial charge < -0.3 is 32.5 Å². The van der Waals surface area contributed by atoms with E-state index in [2.05, 4.69) is 0 Å². The van der Waals surface area contributed by atoms with Gasteiger partial charge in [-0.25, -0.2) is 0 Å². The fourth-order valence-electron chi connectivity index (χ4n) is 8.06. The van der Waals surface area contributed by atoms with E-state index < -0.39 is 16.8 Å². The number of rotatable bonds is 6. The van der Waals surface area contributed by atoms with E-state index in [0.29, 0.717) is 49.8 Å². The molecule has 0 heterocycles. The maximum Gasteiger partial charge on any atom is 0.0937 e. The molecule has 2 unspecified atom stereocenters. The van der Waals surface area contributed by atoms with Crippen molar-refractivity contribution in [1.29, 1.82) is 0 Å². The maximum absolute atomic E-state index is 10.8. The van der Waals surface area contributed by atoms with Crippen molar-refractivity contribution in [3.63, 3.8) is 0 Å². The number of hydrogen-bond acceptors (Lipinski definition) is 6. The summed E-state index contributed by atoms with van der Waals surface area (Å²) >= 11 is 35.7. The van der Waals surface area contributed by atoms with Crippen LogP contribution in [0.2, 0.25) is 30.1 Å². The van der Waals surface area contributed by atoms with Gasteiger partial charge in [0.1, 0.15) is 0 Å². The number of nitrogens with two attached hydrogens (primary N) is 3. The van der Waals surface area contributed by atoms with Gasteiger partial charge in [0.05, 0.1) is 46.9 Å². The Kier molecular flexibility index (Phi) is 17.8. The van der Waals surface area contributed by atoms with Gasteiger partial charge in [0.25, 0.3) is 0 Å². The van der Waals surface area contributed by atoms with Crippen LogP contribution in [0.4, 0.5) is 0 Å². The smallest absolute Gasteiger partial charge is 0.0937 e. The topological polar surface area (TPSA) is 139 Å². The third kappa shape index (κ3) is 10.5. The minimum absolute atomic E-state index is 0. The molecule has 3 saturated carbocycles. The van der Waals surface area contributed by atoms with E-state index in [1.54, 1.807) is 36.4 Å². The van der Waals surface area contributed by atoms with Crippen molar-refractivity contribution in [1.82, 2.24) is 0 Å². The van der Waals surface area contributed by atoms with E-state index in [4.69, 9.17) is 86.8 Å². The standard InChI is InChI=1S/3C13H17Cl2NO.CH4/c3*14-11-5-4-9(7-12(11)15)13(17)6-2-1-3-10(13)8-16;/h3*4-5,7,10,17H,1-3,6,8,16H2;1H4/t2*10-,13+;;/m10../s1. The monoisotopic (exact) mass is 835 g/mol. The van der Waals surface area contributed by atoms with Crippen LogP contribution in [0.5, 0.6) is 0 Å². The summed E-state index contributed by atoms with van der Waals surface area (Å²) in [6.45, 7) is 1.49. The summed E-state index contributed by atoms with van der Waals surface area (Å²) in [5, 5.41) is 35.5. The van der Waals surface area contributed by atoms with Gasteiger partial charge in [-0.3, -0.25) is 0 Å². The lowest BCUT2D eigenvalue weighted by Crippen LogP contribution is -2.41. The molecule has 0 spiro atoms. The molecule has 0 aliphatic heterocycles. The highest BCUT2D eigenvalue weighted by Crippen LogP contribution is 2.45. The average Bonchev–Trinajstić information content (AvgIpc) is 3.12. The van der Waals surface area contributed by atoms with Crippen LogP contribution < -0.4 is 17.2 Å². The van der Waals surface area contributed by atoms with E-state index in [1.807, 2.05) is 18.2 Å². The zero-order valence-electron chi connectivity index (χ0n) is 28.9. The van der Waals surface area contributed by atoms with Gasteiger partial charge in [0.15, 0.2) is 0 Å². The fraction of sp³-hybridized carbons (Fsp3) is 0.550. The first kappa shape index (κ1) is 45.5. The molecule has 3 aromatic rings. The summed E-state index contributed by atoms with van der Waals surface area (Å²) in [6.07, 6.45) is 11.6. The van der Waals surface area contributed by atoms with Gasteiger partial charge in [-0.1, -0.05) is 134 Å². The molecule has 6 atom stereocenters. The normalized spacial score (nSPS) is 28.7. The van der Waals surface area contributed by atoms with E-state index in [9.17, 15) is 15.3 Å². The molecule has 0 bridgehead atoms. The van der Waals surface area contributed by atoms with Crippen LogP contribution in [-0.2, 0) is 16.8 Å². The van der Waals surface area contributed by atoms with Crippen molar-refractivity contribution in [3.05, 3.63) is 101 Å². The zero-order valence-corrected chi connectivity index (χ0v) is 33.4. The van der Waals surface area contributed by atoms with Crippen molar-refractivity contribution in [2.45, 2.75) is 101 Å². The second-order valence-corrected chi connectivity index (χ2v) is 16.6. The number of benzene rings is 3. The van der Waals surface area contributed by atoms with Crippen molar-refractivity contribution in [3.8, 4) is 0 Å². The summed E-state index contributed by atoms with van der Waals surface area (Å²) in [6, 6.07) is 16.0. The number of aliphatic hydroxyl groups is 3. The molecule has 12 heteroatoms. The first-order valence-corrected chi connectivity index (χ1v) is 20.1. The van der Waals surface area contributed by atoms with Crippen LogP contribution in [0, 0.1) is 17.8 Å². The first-order chi connectivity index (χ1) is 24.2. The van der Waals surface area contributed by atoms with Gasteiger partial charge in [-0.05, 0) is 111 Å². The molecule has 0 amide bonds. The number of hydrogen-bond donors (Lipinski definition) is 6. The molecule has 0 radical (unpaired) electrons. The molecule has 3 aliphatic carbocycles. The molecule has 3 aromatic carbocycles. The van der Waals surface area contributed by atoms with Crippen LogP contribution in [0.3, 0.4) is 0 Å². The summed E-state index contributed by atoms with van der Waals surface area (Å²) < 4.78 is 0. The Hall–Kier alpha value is -0.840. The van der Waals surface area contributed by atoms with Crippen molar-refractivity contribution < 1.29 is 15.3 Å². The van der Waals surface area contributed by atoms with E-state index in [-0.39, 0.29) is 25.2 Å². The molecule has 3 aliphatic rings. The molecule has 9 N–H and O–H groups in total. The second-order valence-electron chi connectivity index (χ2n) is 14.2. The van der Waals surface area contributed by atoms with Crippen LogP contribution >= 0.6 is 69.6 Å². The van der Waals surface area contributed by atoms with Crippen LogP contribution in [0.1, 0.15) is 101 Å². The van der Waals surface area contributed by atoms with Gasteiger partial charge in [-0.15, -0.1) is 0 Å². The van der Waals surface area contributed by atoms with Crippen LogP contribution in [0.25, 0.3) is 0 Å². The summed E-state index contributed by atoms with van der Waals surface area (Å²) in [5.41, 5.74) is 17.3. The molecule has 6 nitrogen and oxygen atoms in total. The molecule has 0 saturated heterocycles. The van der Waals surface area contributed by atoms with E-state index in [1.165, 1.54) is 0 Å². The highest BCUT2D eigenvalue weighted by Gasteiger charge is 2.41. The minimum atomic E-state index is -0.846. The Bertz CT molecular complexity index is 1420. The van der Waals surface area contributed by atoms with Gasteiger partial charge in [0.2, 0.25) is 0 Å². The third-order valence-corrected chi connectivity index (χ3v) is 13.4. The SMILES string of the molecule is C.NCC1CCCCC1(O)c1ccc(Cl)c(Cl)c1.NC[C@@H]1CCCC[C@@]1(O)c1ccc(Cl)c(Cl)c1.NC[C@H]1CCCC[C@]1(O)c1ccc(Cl)c(Cl)c1. The molecule has 3 fully saturated rings. The van der Waals surface area contributed by atoms with Crippen LogP contribution in [-0.4, -0.2) is 35.0 Å². The molecule has 6 rings (SSSR count). The predicted molar refractivity (Wildman–Crippen MR) is 221 cm³/mol. The maximum atomic E-state index is 10.8. The summed E-state index contributed by atoms with van der Waals surface area (Å²) in [4.78, 5) is 0. The highest BCUT2D eigenvalue weighted by molar-refractivity contribution is 6.43. The lowest BCUT2D eigenvalue weighted by Gasteiger charge is -2.40. The van der Waals surface area contributed by atoms with Crippen molar-refractivity contribution >= 4 is 69.6 Å². The van der Waals surface area contributed by atoms with Crippen molar-refractivity contribution in [2.24, 2.45) is 35.0 Å². The van der Waals surface area contributed by atoms with Crippen molar-refractivity contribution in [2.75, 3.05) is 19.6 Å². The Morgan fingerprint density at radius 2 is 0.692 bits per heavy atom. The Morgan fingerprint density at radius 3 is 0.904 bits per heavy atom. The summed E-state index contributed by atoms with van der Waals surface area (Å²) in [5.74, 6) is 0.315. The third-order valence-electron chi connectivity index (χ3n) is 11.2. The summed E-state index contributed by atoms with van der Waals surface area (Å²) in [7, 11) is 0. The van der Waals surface area contributed by atoms with E-state index in [0.717, 1.165) is 93.7 Å². The van der Waals surface area contributed by atoms with Crippen LogP contribution in [0.15, 0.2) is 54.6 Å². The molecular weight excluding hydrogens is 783 g/mol. The molecule has 52 heavy (non-hydrogen) atoms.